The van der Waals surface area contributed by atoms with Crippen LogP contribution in [0.3, 0.4) is 0 Å². The Kier molecular flexibility index (Phi) is 2.68. The zero-order valence-electron chi connectivity index (χ0n) is 6.20. The minimum Gasteiger partial charge on any atom is -0.378 e. The Labute approximate surface area is 74.8 Å². The molecule has 64 valence electrons. The second-order valence-corrected chi connectivity index (χ2v) is 2.73. The molecule has 0 aliphatic rings. The van der Waals surface area contributed by atoms with E-state index >= 15 is 0 Å². The van der Waals surface area contributed by atoms with Gasteiger partial charge in [-0.05, 0) is 6.07 Å². The van der Waals surface area contributed by atoms with Gasteiger partial charge in [0, 0.05) is 10.6 Å². The fourth-order valence-electron chi connectivity index (χ4n) is 0.850. The lowest BCUT2D eigenvalue weighted by atomic mass is 10.1. The molecule has 1 amide bonds. The number of carbonyl (C=O) groups is 1. The molecule has 3 N–H and O–H groups in total. The fraction of sp³-hybridized carbons (Fsp3) is 0.125. The van der Waals surface area contributed by atoms with Crippen molar-refractivity contribution in [1.29, 1.82) is 0 Å². The molecule has 1 atom stereocenters. The summed E-state index contributed by atoms with van der Waals surface area (Å²) in [5.41, 5.74) is 5.23. The van der Waals surface area contributed by atoms with Crippen LogP contribution in [0.2, 0.25) is 5.02 Å². The number of primary amides is 1. The molecular weight excluding hydrogens is 178 g/mol. The molecule has 0 aromatic heterocycles. The summed E-state index contributed by atoms with van der Waals surface area (Å²) >= 11 is 5.70. The van der Waals surface area contributed by atoms with Crippen molar-refractivity contribution in [3.63, 3.8) is 0 Å². The third-order valence-electron chi connectivity index (χ3n) is 1.47. The maximum Gasteiger partial charge on any atom is 0.250 e. The molecule has 0 spiro atoms. The van der Waals surface area contributed by atoms with E-state index in [1.807, 2.05) is 0 Å². The molecule has 1 aromatic rings. The van der Waals surface area contributed by atoms with Gasteiger partial charge in [-0.15, -0.1) is 0 Å². The monoisotopic (exact) mass is 185 g/mol. The van der Waals surface area contributed by atoms with Crippen LogP contribution in [0.4, 0.5) is 0 Å². The van der Waals surface area contributed by atoms with E-state index < -0.39 is 12.0 Å². The van der Waals surface area contributed by atoms with Crippen LogP contribution in [0.5, 0.6) is 0 Å². The van der Waals surface area contributed by atoms with Crippen molar-refractivity contribution in [3.8, 4) is 0 Å². The molecule has 0 aliphatic carbocycles. The van der Waals surface area contributed by atoms with E-state index in [4.69, 9.17) is 17.3 Å². The number of amides is 1. The molecule has 12 heavy (non-hydrogen) atoms. The number of nitrogens with two attached hydrogens (primary N) is 1. The van der Waals surface area contributed by atoms with E-state index in [2.05, 4.69) is 0 Å². The van der Waals surface area contributed by atoms with Crippen molar-refractivity contribution in [2.75, 3.05) is 0 Å². The van der Waals surface area contributed by atoms with Crippen molar-refractivity contribution in [2.45, 2.75) is 6.10 Å². The number of aliphatic hydroxyl groups excluding tert-OH is 1. The maximum atomic E-state index is 10.6. The minimum atomic E-state index is -1.32. The Morgan fingerprint density at radius 3 is 2.58 bits per heavy atom. The summed E-state index contributed by atoms with van der Waals surface area (Å²) in [7, 11) is 0. The molecule has 1 rings (SSSR count). The lowest BCUT2D eigenvalue weighted by Gasteiger charge is -2.07. The van der Waals surface area contributed by atoms with E-state index in [-0.39, 0.29) is 0 Å². The Hall–Kier alpha value is -1.06. The zero-order chi connectivity index (χ0) is 9.14. The number of benzene rings is 1. The summed E-state index contributed by atoms with van der Waals surface area (Å²) in [5, 5.41) is 9.56. The number of aliphatic hydroxyl groups is 1. The first-order chi connectivity index (χ1) is 5.63. The lowest BCUT2D eigenvalue weighted by Crippen LogP contribution is -2.21. The van der Waals surface area contributed by atoms with Gasteiger partial charge in [0.2, 0.25) is 0 Å². The Balaban J connectivity index is 3.02. The average molecular weight is 186 g/mol. The molecule has 0 saturated heterocycles. The standard InChI is InChI=1S/C8H8ClNO2/c9-6-4-2-1-3-5(6)7(11)8(10)12/h1-4,7,11H,(H2,10,12). The Bertz CT molecular complexity index is 301. The van der Waals surface area contributed by atoms with Crippen molar-refractivity contribution >= 4 is 17.5 Å². The number of halogens is 1. The smallest absolute Gasteiger partial charge is 0.250 e. The van der Waals surface area contributed by atoms with Gasteiger partial charge in [0.05, 0.1) is 0 Å². The van der Waals surface area contributed by atoms with Crippen LogP contribution >= 0.6 is 11.6 Å². The summed E-state index contributed by atoms with van der Waals surface area (Å²) in [6.45, 7) is 0. The largest absolute Gasteiger partial charge is 0.378 e. The van der Waals surface area contributed by atoms with Gasteiger partial charge in [-0.1, -0.05) is 29.8 Å². The highest BCUT2D eigenvalue weighted by Gasteiger charge is 2.15. The van der Waals surface area contributed by atoms with Gasteiger partial charge in [-0.3, -0.25) is 4.79 Å². The molecule has 0 radical (unpaired) electrons. The Morgan fingerprint density at radius 2 is 2.08 bits per heavy atom. The van der Waals surface area contributed by atoms with E-state index in [9.17, 15) is 9.90 Å². The fourth-order valence-corrected chi connectivity index (χ4v) is 1.09. The highest BCUT2D eigenvalue weighted by atomic mass is 35.5. The van der Waals surface area contributed by atoms with Gasteiger partial charge in [0.15, 0.2) is 6.10 Å². The third kappa shape index (κ3) is 1.75. The van der Waals surface area contributed by atoms with Crippen molar-refractivity contribution in [2.24, 2.45) is 5.73 Å². The minimum absolute atomic E-state index is 0.337. The van der Waals surface area contributed by atoms with Crippen LogP contribution in [0, 0.1) is 0 Å². The second-order valence-electron chi connectivity index (χ2n) is 2.33. The average Bonchev–Trinajstić information content (AvgIpc) is 2.04. The normalized spacial score (nSPS) is 12.5. The first kappa shape index (κ1) is 9.03. The molecule has 0 aliphatic heterocycles. The van der Waals surface area contributed by atoms with Gasteiger partial charge >= 0.3 is 0 Å². The molecule has 0 saturated carbocycles. The van der Waals surface area contributed by atoms with Gasteiger partial charge in [0.25, 0.3) is 5.91 Å². The topological polar surface area (TPSA) is 63.3 Å². The molecular formula is C8H8ClNO2. The zero-order valence-corrected chi connectivity index (χ0v) is 6.95. The van der Waals surface area contributed by atoms with Crippen LogP contribution < -0.4 is 5.73 Å². The summed E-state index contributed by atoms with van der Waals surface area (Å²) in [5.74, 6) is -0.803. The number of rotatable bonds is 2. The van der Waals surface area contributed by atoms with Crippen molar-refractivity contribution in [1.82, 2.24) is 0 Å². The molecule has 0 bridgehead atoms. The molecule has 1 unspecified atom stereocenters. The van der Waals surface area contributed by atoms with Gasteiger partial charge in [-0.2, -0.15) is 0 Å². The lowest BCUT2D eigenvalue weighted by molar-refractivity contribution is -0.126. The van der Waals surface area contributed by atoms with Crippen LogP contribution in [0.25, 0.3) is 0 Å². The van der Waals surface area contributed by atoms with E-state index in [1.165, 1.54) is 0 Å². The van der Waals surface area contributed by atoms with E-state index in [0.717, 1.165) is 0 Å². The van der Waals surface area contributed by atoms with Gasteiger partial charge in [0.1, 0.15) is 0 Å². The molecule has 1 aromatic carbocycles. The Morgan fingerprint density at radius 1 is 1.50 bits per heavy atom. The predicted molar refractivity (Wildman–Crippen MR) is 45.6 cm³/mol. The first-order valence-electron chi connectivity index (χ1n) is 3.34. The van der Waals surface area contributed by atoms with E-state index in [1.54, 1.807) is 24.3 Å². The summed E-state index contributed by atoms with van der Waals surface area (Å²) in [4.78, 5) is 10.6. The van der Waals surface area contributed by atoms with Crippen LogP contribution in [-0.4, -0.2) is 11.0 Å². The third-order valence-corrected chi connectivity index (χ3v) is 1.81. The van der Waals surface area contributed by atoms with Crippen LogP contribution in [0.15, 0.2) is 24.3 Å². The molecule has 3 nitrogen and oxygen atoms in total. The van der Waals surface area contributed by atoms with Crippen LogP contribution in [-0.2, 0) is 4.79 Å². The quantitative estimate of drug-likeness (QED) is 0.718. The SMILES string of the molecule is NC(=O)C(O)c1ccccc1Cl. The van der Waals surface area contributed by atoms with Crippen molar-refractivity contribution in [3.05, 3.63) is 34.9 Å². The summed E-state index contributed by atoms with van der Waals surface area (Å²) in [6, 6.07) is 6.52. The first-order valence-corrected chi connectivity index (χ1v) is 3.72. The van der Waals surface area contributed by atoms with Crippen molar-refractivity contribution < 1.29 is 9.90 Å². The predicted octanol–water partition coefficient (Wildman–Crippen LogP) is 0.859. The molecule has 4 heteroatoms. The summed E-state index contributed by atoms with van der Waals surface area (Å²) < 4.78 is 0. The second kappa shape index (κ2) is 3.56. The maximum absolute atomic E-state index is 10.6. The number of hydrogen-bond acceptors (Lipinski definition) is 2. The van der Waals surface area contributed by atoms with E-state index in [0.29, 0.717) is 10.6 Å². The number of hydrogen-bond donors (Lipinski definition) is 2. The summed E-state index contributed by atoms with van der Waals surface area (Å²) in [6.07, 6.45) is -1.32. The molecule has 0 fully saturated rings. The molecule has 0 heterocycles. The van der Waals surface area contributed by atoms with Gasteiger partial charge in [-0.25, -0.2) is 0 Å². The van der Waals surface area contributed by atoms with Crippen LogP contribution in [0.1, 0.15) is 11.7 Å². The highest BCUT2D eigenvalue weighted by molar-refractivity contribution is 6.31. The van der Waals surface area contributed by atoms with Gasteiger partial charge < -0.3 is 10.8 Å². The highest BCUT2D eigenvalue weighted by Crippen LogP contribution is 2.21. The number of carbonyl (C=O) groups excluding carboxylic acids is 1.